The zero-order valence-electron chi connectivity index (χ0n) is 23.9. The molecule has 1 aromatic rings. The number of fused-ring (bicyclic) bond motifs is 3. The molecule has 0 radical (unpaired) electrons. The lowest BCUT2D eigenvalue weighted by Crippen LogP contribution is -2.63. The zero-order valence-corrected chi connectivity index (χ0v) is 23.9. The average Bonchev–Trinajstić information content (AvgIpc) is 3.31. The summed E-state index contributed by atoms with van der Waals surface area (Å²) in [5, 5.41) is 56.5. The number of phenolic OH excluding ortho intramolecular Hbond substituents is 1. The first-order chi connectivity index (χ1) is 19.1. The number of ketones is 2. The van der Waals surface area contributed by atoms with Crippen LogP contribution in [-0.2, 0) is 22.4 Å². The van der Waals surface area contributed by atoms with E-state index in [2.05, 4.69) is 0 Å². The Bertz CT molecular complexity index is 1400. The number of phenols is 1. The third-order valence-corrected chi connectivity index (χ3v) is 9.65. The van der Waals surface area contributed by atoms with E-state index in [-0.39, 0.29) is 29.7 Å². The number of primary amides is 1. The molecule has 4 aliphatic rings. The lowest BCUT2D eigenvalue weighted by atomic mass is 9.58. The summed E-state index contributed by atoms with van der Waals surface area (Å²) in [6.07, 6.45) is 4.24. The summed E-state index contributed by atoms with van der Waals surface area (Å²) >= 11 is 0. The Morgan fingerprint density at radius 2 is 1.71 bits per heavy atom. The molecule has 4 aliphatic carbocycles. The van der Waals surface area contributed by atoms with Gasteiger partial charge in [-0.2, -0.15) is 0 Å². The fourth-order valence-electron chi connectivity index (χ4n) is 7.59. The molecule has 0 saturated heterocycles. The second-order valence-electron chi connectivity index (χ2n) is 12.5. The third-order valence-electron chi connectivity index (χ3n) is 9.65. The molecular weight excluding hydrogens is 530 g/mol. The van der Waals surface area contributed by atoms with Crippen LogP contribution in [0.2, 0.25) is 0 Å². The Labute approximate surface area is 238 Å². The van der Waals surface area contributed by atoms with Crippen LogP contribution in [0.5, 0.6) is 5.75 Å². The Balaban J connectivity index is 1.65. The van der Waals surface area contributed by atoms with Crippen LogP contribution < -0.4 is 10.6 Å². The van der Waals surface area contributed by atoms with Gasteiger partial charge in [-0.3, -0.25) is 19.3 Å². The molecule has 1 aromatic carbocycles. The molecule has 11 nitrogen and oxygen atoms in total. The highest BCUT2D eigenvalue weighted by Crippen LogP contribution is 2.53. The number of rotatable bonds is 6. The van der Waals surface area contributed by atoms with Crippen LogP contribution in [0.15, 0.2) is 28.7 Å². The second kappa shape index (κ2) is 9.85. The summed E-state index contributed by atoms with van der Waals surface area (Å²) in [6, 6.07) is 0.791. The van der Waals surface area contributed by atoms with Crippen LogP contribution >= 0.6 is 0 Å². The van der Waals surface area contributed by atoms with Crippen molar-refractivity contribution in [2.24, 2.45) is 17.6 Å². The molecule has 1 fully saturated rings. The van der Waals surface area contributed by atoms with Crippen LogP contribution in [0.1, 0.15) is 60.0 Å². The molecule has 0 heterocycles. The van der Waals surface area contributed by atoms with Gasteiger partial charge in [0.2, 0.25) is 5.78 Å². The van der Waals surface area contributed by atoms with Gasteiger partial charge in [-0.05, 0) is 75.7 Å². The van der Waals surface area contributed by atoms with Gasteiger partial charge in [-0.1, -0.05) is 12.8 Å². The number of benzene rings is 1. The number of aliphatic hydroxyl groups excluding tert-OH is 2. The van der Waals surface area contributed by atoms with Crippen molar-refractivity contribution < 1.29 is 39.9 Å². The van der Waals surface area contributed by atoms with Gasteiger partial charge in [0.25, 0.3) is 5.91 Å². The van der Waals surface area contributed by atoms with Crippen LogP contribution in [0.25, 0.3) is 0 Å². The number of nitrogens with zero attached hydrogens (tertiary/aromatic N) is 2. The minimum atomic E-state index is -2.67. The number of carbonyl (C=O) groups is 3. The first kappa shape index (κ1) is 29.1. The molecule has 4 atom stereocenters. The van der Waals surface area contributed by atoms with Crippen molar-refractivity contribution in [3.05, 3.63) is 45.4 Å². The molecule has 7 N–H and O–H groups in total. The van der Waals surface area contributed by atoms with Gasteiger partial charge in [-0.25, -0.2) is 0 Å². The van der Waals surface area contributed by atoms with E-state index in [1.54, 1.807) is 14.1 Å². The molecule has 4 unspecified atom stereocenters. The molecule has 0 aliphatic heterocycles. The predicted molar refractivity (Wildman–Crippen MR) is 150 cm³/mol. The van der Waals surface area contributed by atoms with Gasteiger partial charge < -0.3 is 36.2 Å². The van der Waals surface area contributed by atoms with Gasteiger partial charge in [0, 0.05) is 31.3 Å². The van der Waals surface area contributed by atoms with Crippen molar-refractivity contribution in [3.63, 3.8) is 0 Å². The van der Waals surface area contributed by atoms with E-state index < -0.39 is 63.6 Å². The largest absolute Gasteiger partial charge is 0.510 e. The number of likely N-dealkylation sites (N-methyl/N-ethyl adjacent to an activating group) is 1. The van der Waals surface area contributed by atoms with Gasteiger partial charge in [-0.15, -0.1) is 0 Å². The average molecular weight is 570 g/mol. The van der Waals surface area contributed by atoms with E-state index in [1.165, 1.54) is 4.90 Å². The molecule has 5 rings (SSSR count). The van der Waals surface area contributed by atoms with Crippen LogP contribution in [0.3, 0.4) is 0 Å². The SMILES string of the molecule is CN(C)c1cc(CCC2(O)CCCC2)c(O)c2c1CC1CC3C(N(C)C)C(O)=C(C(N)=O)C(=O)C3(O)C(O)=C1C2=O. The molecule has 11 heteroatoms. The quantitative estimate of drug-likeness (QED) is 0.274. The Kier molecular flexibility index (Phi) is 6.99. The van der Waals surface area contributed by atoms with Gasteiger partial charge in [0.05, 0.1) is 17.2 Å². The number of carbonyl (C=O) groups excluding carboxylic acids is 3. The van der Waals surface area contributed by atoms with Crippen molar-refractivity contribution in [1.82, 2.24) is 4.90 Å². The lowest BCUT2D eigenvalue weighted by molar-refractivity contribution is -0.148. The lowest BCUT2D eigenvalue weighted by Gasteiger charge is -2.50. The number of aryl methyl sites for hydroxylation is 1. The number of allylic oxidation sites excluding steroid dienone is 1. The fourth-order valence-corrected chi connectivity index (χ4v) is 7.59. The number of aromatic hydroxyl groups is 1. The van der Waals surface area contributed by atoms with Gasteiger partial charge >= 0.3 is 0 Å². The van der Waals surface area contributed by atoms with Gasteiger partial charge in [0.1, 0.15) is 22.8 Å². The summed E-state index contributed by atoms with van der Waals surface area (Å²) in [5.74, 6) is -6.66. The smallest absolute Gasteiger partial charge is 0.255 e. The number of anilines is 1. The van der Waals surface area contributed by atoms with Gasteiger partial charge in [0.15, 0.2) is 11.4 Å². The monoisotopic (exact) mass is 569 g/mol. The second-order valence-corrected chi connectivity index (χ2v) is 12.5. The Hall–Kier alpha value is -3.41. The molecule has 0 aromatic heterocycles. The first-order valence-corrected chi connectivity index (χ1v) is 14.1. The summed E-state index contributed by atoms with van der Waals surface area (Å²) < 4.78 is 0. The molecular formula is C30H39N3O8. The molecule has 1 amide bonds. The fraction of sp³-hybridized carbons (Fsp3) is 0.567. The van der Waals surface area contributed by atoms with E-state index in [1.807, 2.05) is 25.1 Å². The highest BCUT2D eigenvalue weighted by atomic mass is 16.3. The third kappa shape index (κ3) is 4.24. The predicted octanol–water partition coefficient (Wildman–Crippen LogP) is 1.42. The van der Waals surface area contributed by atoms with Crippen molar-refractivity contribution in [2.75, 3.05) is 33.1 Å². The van der Waals surface area contributed by atoms with Crippen molar-refractivity contribution >= 4 is 23.2 Å². The van der Waals surface area contributed by atoms with E-state index in [0.717, 1.165) is 12.8 Å². The Morgan fingerprint density at radius 3 is 2.27 bits per heavy atom. The van der Waals surface area contributed by atoms with Crippen molar-refractivity contribution in [3.8, 4) is 5.75 Å². The first-order valence-electron chi connectivity index (χ1n) is 14.1. The minimum absolute atomic E-state index is 0.00889. The van der Waals surface area contributed by atoms with Crippen LogP contribution in [-0.4, -0.2) is 93.3 Å². The minimum Gasteiger partial charge on any atom is -0.510 e. The maximum atomic E-state index is 14.1. The number of amides is 1. The maximum absolute atomic E-state index is 14.1. The summed E-state index contributed by atoms with van der Waals surface area (Å²) in [5.41, 5.74) is 2.65. The number of Topliss-reactive ketones (excluding diaryl/α,β-unsaturated/α-hetero) is 2. The van der Waals surface area contributed by atoms with Crippen molar-refractivity contribution in [2.45, 2.75) is 68.6 Å². The Morgan fingerprint density at radius 1 is 1.07 bits per heavy atom. The van der Waals surface area contributed by atoms with E-state index in [4.69, 9.17) is 5.73 Å². The highest BCUT2D eigenvalue weighted by molar-refractivity contribution is 6.24. The van der Waals surface area contributed by atoms with E-state index in [0.29, 0.717) is 42.5 Å². The highest BCUT2D eigenvalue weighted by Gasteiger charge is 2.63. The van der Waals surface area contributed by atoms with E-state index in [9.17, 15) is 39.9 Å². The zero-order chi connectivity index (χ0) is 30.2. The molecule has 0 bridgehead atoms. The molecule has 1 saturated carbocycles. The maximum Gasteiger partial charge on any atom is 0.255 e. The summed E-state index contributed by atoms with van der Waals surface area (Å²) in [7, 11) is 6.84. The number of hydrogen-bond donors (Lipinski definition) is 6. The molecule has 222 valence electrons. The van der Waals surface area contributed by atoms with Crippen LogP contribution in [0, 0.1) is 11.8 Å². The topological polar surface area (TPSA) is 185 Å². The summed E-state index contributed by atoms with van der Waals surface area (Å²) in [4.78, 5) is 43.1. The molecule has 41 heavy (non-hydrogen) atoms. The van der Waals surface area contributed by atoms with E-state index >= 15 is 0 Å². The van der Waals surface area contributed by atoms with Crippen molar-refractivity contribution in [1.29, 1.82) is 0 Å². The number of aliphatic hydroxyl groups is 4. The number of hydrogen-bond acceptors (Lipinski definition) is 10. The number of nitrogens with two attached hydrogens (primary N) is 1. The normalized spacial score (nSPS) is 29.0. The standard InChI is InChI=1S/C30H39N3O8/c1-32(2)18-13-14(7-10-29(40)8-5-6-9-29)23(34)20-16(18)11-15-12-17-22(33(3)4)25(36)21(28(31)39)27(38)30(17,41)26(37)19(15)24(20)35/h13,15,17,22,34,36-37,40-41H,5-12H2,1-4H3,(H2,31,39). The van der Waals surface area contributed by atoms with Crippen LogP contribution in [0.4, 0.5) is 5.69 Å². The summed E-state index contributed by atoms with van der Waals surface area (Å²) in [6.45, 7) is 0. The molecule has 0 spiro atoms.